The molecule has 0 spiro atoms. The molecule has 0 aliphatic carbocycles. The van der Waals surface area contributed by atoms with Crippen LogP contribution in [0.5, 0.6) is 11.5 Å². The molecule has 5 aromatic rings. The molecular formula is C31H22N2O3. The number of hydrogen-bond acceptors (Lipinski definition) is 4. The van der Waals surface area contributed by atoms with Crippen LogP contribution in [-0.4, -0.2) is 19.8 Å². The average molecular weight is 471 g/mol. The van der Waals surface area contributed by atoms with Crippen LogP contribution in [0.4, 0.5) is 0 Å². The van der Waals surface area contributed by atoms with E-state index in [2.05, 4.69) is 11.8 Å². The van der Waals surface area contributed by atoms with Gasteiger partial charge in [-0.15, -0.1) is 0 Å². The lowest BCUT2D eigenvalue weighted by Gasteiger charge is -2.14. The second-order valence-electron chi connectivity index (χ2n) is 8.32. The van der Waals surface area contributed by atoms with Crippen molar-refractivity contribution in [3.05, 3.63) is 129 Å². The summed E-state index contributed by atoms with van der Waals surface area (Å²) >= 11 is 0. The van der Waals surface area contributed by atoms with Gasteiger partial charge in [0, 0.05) is 22.8 Å². The van der Waals surface area contributed by atoms with Gasteiger partial charge in [-0.05, 0) is 79.2 Å². The Labute approximate surface area is 208 Å². The number of aryl methyl sites for hydroxylation is 1. The first-order valence-corrected chi connectivity index (χ1v) is 11.4. The highest BCUT2D eigenvalue weighted by molar-refractivity contribution is 5.80. The lowest BCUT2D eigenvalue weighted by molar-refractivity contribution is 0.450. The standard InChI is InChI=1S/C31H22N2O3/c1-21-19-23(12-11-22-7-3-2-4-8-22)13-17-28(21)33-30(18-15-24-14-16-25(34)20-29(24)35)32-27-10-6-5-9-26(27)31(33)36/h2-10,13-20,34-35H,1H3/b18-15+. The second-order valence-corrected chi connectivity index (χ2v) is 8.32. The van der Waals surface area contributed by atoms with Crippen molar-refractivity contribution in [2.45, 2.75) is 6.92 Å². The number of nitrogens with zero attached hydrogens (tertiary/aromatic N) is 2. The molecule has 36 heavy (non-hydrogen) atoms. The Morgan fingerprint density at radius 2 is 1.56 bits per heavy atom. The smallest absolute Gasteiger partial charge is 0.266 e. The summed E-state index contributed by atoms with van der Waals surface area (Å²) in [4.78, 5) is 18.3. The molecule has 0 fully saturated rings. The summed E-state index contributed by atoms with van der Waals surface area (Å²) in [6, 6.07) is 27.0. The summed E-state index contributed by atoms with van der Waals surface area (Å²) < 4.78 is 1.57. The van der Waals surface area contributed by atoms with E-state index in [4.69, 9.17) is 4.98 Å². The summed E-state index contributed by atoms with van der Waals surface area (Å²) in [6.07, 6.45) is 3.35. The average Bonchev–Trinajstić information content (AvgIpc) is 2.88. The van der Waals surface area contributed by atoms with E-state index >= 15 is 0 Å². The van der Waals surface area contributed by atoms with Gasteiger partial charge in [0.2, 0.25) is 0 Å². The SMILES string of the molecule is Cc1cc(C#Cc2ccccc2)ccc1-n1c(/C=C/c2ccc(O)cc2O)nc2ccccc2c1=O. The molecule has 0 bridgehead atoms. The highest BCUT2D eigenvalue weighted by Crippen LogP contribution is 2.25. The van der Waals surface area contributed by atoms with Crippen molar-refractivity contribution >= 4 is 23.1 Å². The molecule has 0 unspecified atom stereocenters. The molecule has 174 valence electrons. The molecule has 0 saturated heterocycles. The molecule has 5 nitrogen and oxygen atoms in total. The van der Waals surface area contributed by atoms with Crippen molar-refractivity contribution in [2.75, 3.05) is 0 Å². The van der Waals surface area contributed by atoms with Crippen LogP contribution in [0.2, 0.25) is 0 Å². The Kier molecular flexibility index (Phi) is 6.09. The number of benzene rings is 4. The maximum atomic E-state index is 13.6. The van der Waals surface area contributed by atoms with Crippen LogP contribution in [0.25, 0.3) is 28.7 Å². The third-order valence-electron chi connectivity index (χ3n) is 5.79. The first kappa shape index (κ1) is 22.7. The van der Waals surface area contributed by atoms with Gasteiger partial charge in [0.1, 0.15) is 17.3 Å². The minimum Gasteiger partial charge on any atom is -0.508 e. The predicted octanol–water partition coefficient (Wildman–Crippen LogP) is 5.68. The summed E-state index contributed by atoms with van der Waals surface area (Å²) in [5, 5.41) is 20.3. The van der Waals surface area contributed by atoms with E-state index in [0.29, 0.717) is 28.0 Å². The van der Waals surface area contributed by atoms with E-state index in [-0.39, 0.29) is 17.1 Å². The van der Waals surface area contributed by atoms with Crippen molar-refractivity contribution in [2.24, 2.45) is 0 Å². The molecule has 0 aliphatic heterocycles. The lowest BCUT2D eigenvalue weighted by atomic mass is 10.1. The molecule has 0 amide bonds. The van der Waals surface area contributed by atoms with E-state index in [1.807, 2.05) is 67.6 Å². The van der Waals surface area contributed by atoms with Crippen molar-refractivity contribution in [1.82, 2.24) is 9.55 Å². The molecular weight excluding hydrogens is 448 g/mol. The quantitative estimate of drug-likeness (QED) is 0.333. The van der Waals surface area contributed by atoms with Gasteiger partial charge >= 0.3 is 0 Å². The van der Waals surface area contributed by atoms with Gasteiger partial charge < -0.3 is 10.2 Å². The van der Waals surface area contributed by atoms with Crippen LogP contribution in [-0.2, 0) is 0 Å². The van der Waals surface area contributed by atoms with Crippen LogP contribution in [0, 0.1) is 18.8 Å². The van der Waals surface area contributed by atoms with Gasteiger partial charge in [0.25, 0.3) is 5.56 Å². The normalized spacial score (nSPS) is 10.9. The number of hydrogen-bond donors (Lipinski definition) is 2. The molecule has 2 N–H and O–H groups in total. The van der Waals surface area contributed by atoms with Crippen molar-refractivity contribution < 1.29 is 10.2 Å². The molecule has 0 saturated carbocycles. The molecule has 0 radical (unpaired) electrons. The van der Waals surface area contributed by atoms with Crippen molar-refractivity contribution in [3.63, 3.8) is 0 Å². The van der Waals surface area contributed by atoms with Crippen LogP contribution in [0.3, 0.4) is 0 Å². The maximum Gasteiger partial charge on any atom is 0.266 e. The molecule has 0 atom stereocenters. The second kappa shape index (κ2) is 9.65. The highest BCUT2D eigenvalue weighted by atomic mass is 16.3. The van der Waals surface area contributed by atoms with Crippen molar-refractivity contribution in [3.8, 4) is 29.0 Å². The summed E-state index contributed by atoms with van der Waals surface area (Å²) in [5.74, 6) is 6.65. The van der Waals surface area contributed by atoms with Crippen LogP contribution >= 0.6 is 0 Å². The third-order valence-corrected chi connectivity index (χ3v) is 5.79. The zero-order valence-electron chi connectivity index (χ0n) is 19.5. The fourth-order valence-electron chi connectivity index (χ4n) is 3.98. The van der Waals surface area contributed by atoms with E-state index < -0.39 is 0 Å². The Morgan fingerprint density at radius 1 is 0.806 bits per heavy atom. The van der Waals surface area contributed by atoms with E-state index in [1.54, 1.807) is 34.9 Å². The zero-order valence-corrected chi connectivity index (χ0v) is 19.5. The van der Waals surface area contributed by atoms with Gasteiger partial charge in [-0.25, -0.2) is 4.98 Å². The zero-order chi connectivity index (χ0) is 25.1. The number of phenols is 2. The summed E-state index contributed by atoms with van der Waals surface area (Å²) in [5.41, 5.74) is 4.21. The largest absolute Gasteiger partial charge is 0.508 e. The topological polar surface area (TPSA) is 75.3 Å². The lowest BCUT2D eigenvalue weighted by Crippen LogP contribution is -2.23. The minimum atomic E-state index is -0.193. The Morgan fingerprint density at radius 3 is 2.33 bits per heavy atom. The van der Waals surface area contributed by atoms with Crippen molar-refractivity contribution in [1.29, 1.82) is 0 Å². The van der Waals surface area contributed by atoms with E-state index in [1.165, 1.54) is 12.1 Å². The molecule has 5 heteroatoms. The third kappa shape index (κ3) is 4.61. The number of fused-ring (bicyclic) bond motifs is 1. The van der Waals surface area contributed by atoms with E-state index in [9.17, 15) is 15.0 Å². The van der Waals surface area contributed by atoms with Crippen LogP contribution in [0.1, 0.15) is 28.1 Å². The minimum absolute atomic E-state index is 0.0310. The van der Waals surface area contributed by atoms with E-state index in [0.717, 1.165) is 16.7 Å². The van der Waals surface area contributed by atoms with Crippen LogP contribution < -0.4 is 5.56 Å². The monoisotopic (exact) mass is 470 g/mol. The first-order chi connectivity index (χ1) is 17.5. The number of aromatic hydroxyl groups is 2. The molecule has 1 aromatic heterocycles. The number of para-hydroxylation sites is 1. The van der Waals surface area contributed by atoms with Gasteiger partial charge in [-0.1, -0.05) is 42.2 Å². The number of aromatic nitrogens is 2. The Hall–Kier alpha value is -5.08. The summed E-state index contributed by atoms with van der Waals surface area (Å²) in [6.45, 7) is 1.93. The van der Waals surface area contributed by atoms with Gasteiger partial charge in [-0.2, -0.15) is 0 Å². The fourth-order valence-corrected chi connectivity index (χ4v) is 3.98. The molecule has 4 aromatic carbocycles. The molecule has 5 rings (SSSR count). The molecule has 0 aliphatic rings. The summed E-state index contributed by atoms with van der Waals surface area (Å²) in [7, 11) is 0. The van der Waals surface area contributed by atoms with Gasteiger partial charge in [0.05, 0.1) is 16.6 Å². The number of rotatable bonds is 3. The first-order valence-electron chi connectivity index (χ1n) is 11.4. The Balaban J connectivity index is 1.63. The van der Waals surface area contributed by atoms with Gasteiger partial charge in [-0.3, -0.25) is 9.36 Å². The van der Waals surface area contributed by atoms with Crippen LogP contribution in [0.15, 0.2) is 95.8 Å². The maximum absolute atomic E-state index is 13.6. The van der Waals surface area contributed by atoms with Gasteiger partial charge in [0.15, 0.2) is 0 Å². The number of phenolic OH excluding ortho intramolecular Hbond substituents is 2. The predicted molar refractivity (Wildman–Crippen MR) is 143 cm³/mol. The molecule has 1 heterocycles. The Bertz CT molecular complexity index is 1740. The fraction of sp³-hybridized carbons (Fsp3) is 0.0323. The highest BCUT2D eigenvalue weighted by Gasteiger charge is 2.13.